The van der Waals surface area contributed by atoms with Gasteiger partial charge in [0.2, 0.25) is 0 Å². The van der Waals surface area contributed by atoms with E-state index in [1.807, 2.05) is 41.5 Å². The molecule has 0 spiro atoms. The van der Waals surface area contributed by atoms with E-state index in [4.69, 9.17) is 9.47 Å². The van der Waals surface area contributed by atoms with Crippen molar-refractivity contribution in [2.45, 2.75) is 79.4 Å². The Bertz CT molecular complexity index is 267. The average Bonchev–Trinajstić information content (AvgIpc) is 2.31. The van der Waals surface area contributed by atoms with Gasteiger partial charge in [0, 0.05) is 0 Å². The van der Waals surface area contributed by atoms with Gasteiger partial charge in [-0.25, -0.2) is 0 Å². The molecule has 0 rings (SSSR count). The summed E-state index contributed by atoms with van der Waals surface area (Å²) >= 11 is 0. The molecule has 2 unspecified atom stereocenters. The molecule has 0 amide bonds. The molecular formula is C16H30O4. The van der Waals surface area contributed by atoms with Gasteiger partial charge in [-0.1, -0.05) is 26.7 Å². The van der Waals surface area contributed by atoms with Gasteiger partial charge in [0.05, 0.1) is 24.0 Å². The van der Waals surface area contributed by atoms with Crippen LogP contribution in [0.1, 0.15) is 67.2 Å². The Morgan fingerprint density at radius 3 is 1.25 bits per heavy atom. The second-order valence-corrected chi connectivity index (χ2v) is 5.76. The molecule has 0 saturated carbocycles. The third-order valence-corrected chi connectivity index (χ3v) is 2.99. The Balaban J connectivity index is 5.01. The van der Waals surface area contributed by atoms with Crippen LogP contribution in [0, 0.1) is 11.8 Å². The van der Waals surface area contributed by atoms with Crippen molar-refractivity contribution in [1.29, 1.82) is 0 Å². The second-order valence-electron chi connectivity index (χ2n) is 5.76. The van der Waals surface area contributed by atoms with E-state index < -0.39 is 11.8 Å². The lowest BCUT2D eigenvalue weighted by Crippen LogP contribution is -2.34. The largest absolute Gasteiger partial charge is 0.463 e. The minimum atomic E-state index is -0.395. The van der Waals surface area contributed by atoms with E-state index in [0.29, 0.717) is 12.8 Å². The molecule has 0 aromatic heterocycles. The summed E-state index contributed by atoms with van der Waals surface area (Å²) in [5.74, 6) is -1.34. The smallest absolute Gasteiger partial charge is 0.310 e. The summed E-state index contributed by atoms with van der Waals surface area (Å²) in [6.07, 6.45) is 2.67. The first-order chi connectivity index (χ1) is 9.33. The summed E-state index contributed by atoms with van der Waals surface area (Å²) in [5.41, 5.74) is 0. The third kappa shape index (κ3) is 6.92. The maximum absolute atomic E-state index is 12.2. The van der Waals surface area contributed by atoms with Crippen LogP contribution in [-0.2, 0) is 19.1 Å². The van der Waals surface area contributed by atoms with Crippen molar-refractivity contribution in [3.8, 4) is 0 Å². The number of hydrogen-bond acceptors (Lipinski definition) is 4. The van der Waals surface area contributed by atoms with Crippen molar-refractivity contribution in [3.05, 3.63) is 0 Å². The van der Waals surface area contributed by atoms with Gasteiger partial charge < -0.3 is 9.47 Å². The molecule has 4 heteroatoms. The number of esters is 2. The fourth-order valence-electron chi connectivity index (χ4n) is 2.23. The van der Waals surface area contributed by atoms with Crippen LogP contribution in [0.25, 0.3) is 0 Å². The molecule has 0 saturated heterocycles. The van der Waals surface area contributed by atoms with Crippen molar-refractivity contribution in [2.75, 3.05) is 0 Å². The second kappa shape index (κ2) is 9.78. The zero-order chi connectivity index (χ0) is 15.7. The molecule has 0 fully saturated rings. The summed E-state index contributed by atoms with van der Waals surface area (Å²) in [6.45, 7) is 11.3. The molecule has 0 heterocycles. The minimum absolute atomic E-state index is 0.162. The van der Waals surface area contributed by atoms with Crippen molar-refractivity contribution >= 4 is 11.9 Å². The molecule has 2 atom stereocenters. The van der Waals surface area contributed by atoms with Crippen LogP contribution in [0.5, 0.6) is 0 Å². The van der Waals surface area contributed by atoms with Crippen molar-refractivity contribution < 1.29 is 19.1 Å². The van der Waals surface area contributed by atoms with Crippen LogP contribution in [-0.4, -0.2) is 24.1 Å². The van der Waals surface area contributed by atoms with Crippen LogP contribution in [0.3, 0.4) is 0 Å². The maximum atomic E-state index is 12.2. The van der Waals surface area contributed by atoms with E-state index in [1.165, 1.54) is 0 Å². The Kier molecular flexibility index (Phi) is 9.26. The highest BCUT2D eigenvalue weighted by Gasteiger charge is 2.35. The third-order valence-electron chi connectivity index (χ3n) is 2.99. The summed E-state index contributed by atoms with van der Waals surface area (Å²) in [5, 5.41) is 0. The van der Waals surface area contributed by atoms with Crippen LogP contribution in [0.2, 0.25) is 0 Å². The quantitative estimate of drug-likeness (QED) is 0.606. The number of ether oxygens (including phenoxy) is 2. The predicted octanol–water partition coefficient (Wildman–Crippen LogP) is 3.72. The molecule has 0 radical (unpaired) electrons. The lowest BCUT2D eigenvalue weighted by Gasteiger charge is -2.25. The first kappa shape index (κ1) is 18.9. The number of carbonyl (C=O) groups is 2. The van der Waals surface area contributed by atoms with Gasteiger partial charge in [-0.15, -0.1) is 0 Å². The fourth-order valence-corrected chi connectivity index (χ4v) is 2.23. The van der Waals surface area contributed by atoms with Gasteiger partial charge in [0.25, 0.3) is 0 Å². The molecule has 0 aromatic carbocycles. The fraction of sp³-hybridized carbons (Fsp3) is 0.875. The highest BCUT2D eigenvalue weighted by atomic mass is 16.5. The summed E-state index contributed by atoms with van der Waals surface area (Å²) in [6, 6.07) is 0. The first-order valence-electron chi connectivity index (χ1n) is 7.74. The van der Waals surface area contributed by atoms with E-state index in [1.54, 1.807) is 0 Å². The molecular weight excluding hydrogens is 256 g/mol. The lowest BCUT2D eigenvalue weighted by atomic mass is 9.85. The topological polar surface area (TPSA) is 52.6 Å². The van der Waals surface area contributed by atoms with Gasteiger partial charge in [0.15, 0.2) is 0 Å². The zero-order valence-corrected chi connectivity index (χ0v) is 13.8. The monoisotopic (exact) mass is 286 g/mol. The molecule has 4 nitrogen and oxygen atoms in total. The van der Waals surface area contributed by atoms with Gasteiger partial charge in [-0.2, -0.15) is 0 Å². The molecule has 20 heavy (non-hydrogen) atoms. The Labute approximate surface area is 123 Å². The normalized spacial score (nSPS) is 14.2. The van der Waals surface area contributed by atoms with Gasteiger partial charge >= 0.3 is 11.9 Å². The molecule has 0 aliphatic heterocycles. The molecule has 0 aromatic rings. The number of carbonyl (C=O) groups excluding carboxylic acids is 2. The van der Waals surface area contributed by atoms with Crippen LogP contribution < -0.4 is 0 Å². The summed E-state index contributed by atoms with van der Waals surface area (Å²) in [7, 11) is 0. The molecule has 0 aliphatic rings. The van der Waals surface area contributed by atoms with Gasteiger partial charge in [-0.3, -0.25) is 9.59 Å². The van der Waals surface area contributed by atoms with Crippen LogP contribution in [0.15, 0.2) is 0 Å². The number of rotatable bonds is 9. The van der Waals surface area contributed by atoms with E-state index >= 15 is 0 Å². The molecule has 0 bridgehead atoms. The van der Waals surface area contributed by atoms with Crippen molar-refractivity contribution in [1.82, 2.24) is 0 Å². The highest BCUT2D eigenvalue weighted by molar-refractivity contribution is 5.82. The maximum Gasteiger partial charge on any atom is 0.310 e. The number of hydrogen-bond donors (Lipinski definition) is 0. The molecule has 0 N–H and O–H groups in total. The lowest BCUT2D eigenvalue weighted by molar-refractivity contribution is -0.165. The van der Waals surface area contributed by atoms with Gasteiger partial charge in [0.1, 0.15) is 0 Å². The van der Waals surface area contributed by atoms with Gasteiger partial charge in [-0.05, 0) is 40.5 Å². The predicted molar refractivity (Wildman–Crippen MR) is 79.3 cm³/mol. The standard InChI is InChI=1S/C16H30O4/c1-7-9-13(15(17)19-11(3)4)14(10-8-2)16(18)20-12(5)6/h11-14H,7-10H2,1-6H3. The molecule has 0 aliphatic carbocycles. The Morgan fingerprint density at radius 2 is 1.05 bits per heavy atom. The van der Waals surface area contributed by atoms with Crippen LogP contribution in [0.4, 0.5) is 0 Å². The Morgan fingerprint density at radius 1 is 0.750 bits per heavy atom. The molecule has 118 valence electrons. The van der Waals surface area contributed by atoms with Crippen molar-refractivity contribution in [3.63, 3.8) is 0 Å². The zero-order valence-electron chi connectivity index (χ0n) is 13.8. The van der Waals surface area contributed by atoms with E-state index in [-0.39, 0.29) is 24.1 Å². The van der Waals surface area contributed by atoms with E-state index in [2.05, 4.69) is 0 Å². The van der Waals surface area contributed by atoms with E-state index in [0.717, 1.165) is 12.8 Å². The minimum Gasteiger partial charge on any atom is -0.463 e. The first-order valence-corrected chi connectivity index (χ1v) is 7.74. The summed E-state index contributed by atoms with van der Waals surface area (Å²) < 4.78 is 10.6. The highest BCUT2D eigenvalue weighted by Crippen LogP contribution is 2.26. The van der Waals surface area contributed by atoms with E-state index in [9.17, 15) is 9.59 Å². The van der Waals surface area contributed by atoms with Crippen LogP contribution >= 0.6 is 0 Å². The SMILES string of the molecule is CCCC(C(=O)OC(C)C)C(CCC)C(=O)OC(C)C. The summed E-state index contributed by atoms with van der Waals surface area (Å²) in [4.78, 5) is 24.4. The Hall–Kier alpha value is -1.06. The average molecular weight is 286 g/mol. The van der Waals surface area contributed by atoms with Crippen molar-refractivity contribution in [2.24, 2.45) is 11.8 Å².